The van der Waals surface area contributed by atoms with Gasteiger partial charge in [-0.2, -0.15) is 5.10 Å². The zero-order chi connectivity index (χ0) is 22.9. The zero-order valence-corrected chi connectivity index (χ0v) is 20.3. The molecule has 0 atom stereocenters. The SMILES string of the molecule is CO/N=C\c1ccc(-n2nc(-c3cccnc3)c3c2-c2sc(NC(C)=O)nc2CC3)c(Br)c1. The van der Waals surface area contributed by atoms with Crippen LogP contribution in [-0.2, 0) is 22.5 Å². The van der Waals surface area contributed by atoms with Crippen LogP contribution in [0.3, 0.4) is 0 Å². The highest BCUT2D eigenvalue weighted by atomic mass is 79.9. The number of aryl methyl sites for hydroxylation is 1. The molecule has 1 aliphatic rings. The summed E-state index contributed by atoms with van der Waals surface area (Å²) in [6, 6.07) is 9.85. The first-order valence-electron chi connectivity index (χ1n) is 10.2. The van der Waals surface area contributed by atoms with Crippen molar-refractivity contribution in [3.8, 4) is 27.5 Å². The molecule has 0 aliphatic heterocycles. The van der Waals surface area contributed by atoms with Gasteiger partial charge in [0.2, 0.25) is 5.91 Å². The Bertz CT molecular complexity index is 1380. The quantitative estimate of drug-likeness (QED) is 0.298. The number of hydrogen-bond donors (Lipinski definition) is 1. The number of fused-ring (bicyclic) bond motifs is 3. The molecule has 3 heterocycles. The minimum Gasteiger partial charge on any atom is -0.399 e. The second-order valence-electron chi connectivity index (χ2n) is 7.43. The minimum atomic E-state index is -0.137. The normalized spacial score (nSPS) is 12.5. The fourth-order valence-corrected chi connectivity index (χ4v) is 5.55. The maximum absolute atomic E-state index is 11.6. The fourth-order valence-electron chi connectivity index (χ4n) is 3.87. The number of hydrogen-bond acceptors (Lipinski definition) is 7. The van der Waals surface area contributed by atoms with E-state index in [4.69, 9.17) is 9.94 Å². The third kappa shape index (κ3) is 4.07. The van der Waals surface area contributed by atoms with Crippen molar-refractivity contribution >= 4 is 44.5 Å². The van der Waals surface area contributed by atoms with Crippen LogP contribution in [0.4, 0.5) is 5.13 Å². The smallest absolute Gasteiger partial charge is 0.223 e. The summed E-state index contributed by atoms with van der Waals surface area (Å²) in [6.45, 7) is 1.49. The van der Waals surface area contributed by atoms with Gasteiger partial charge < -0.3 is 10.2 Å². The van der Waals surface area contributed by atoms with Gasteiger partial charge in [-0.05, 0) is 58.6 Å². The van der Waals surface area contributed by atoms with Gasteiger partial charge in [-0.25, -0.2) is 9.67 Å². The molecule has 1 amide bonds. The van der Waals surface area contributed by atoms with E-state index in [1.54, 1.807) is 12.4 Å². The highest BCUT2D eigenvalue weighted by molar-refractivity contribution is 9.10. The average molecular weight is 523 g/mol. The number of benzene rings is 1. The summed E-state index contributed by atoms with van der Waals surface area (Å²) in [7, 11) is 1.51. The van der Waals surface area contributed by atoms with E-state index >= 15 is 0 Å². The van der Waals surface area contributed by atoms with Crippen molar-refractivity contribution in [2.24, 2.45) is 5.16 Å². The summed E-state index contributed by atoms with van der Waals surface area (Å²) in [5.41, 5.74) is 6.74. The van der Waals surface area contributed by atoms with E-state index in [9.17, 15) is 4.79 Å². The number of thiazole rings is 1. The van der Waals surface area contributed by atoms with Gasteiger partial charge in [0, 0.05) is 34.9 Å². The van der Waals surface area contributed by atoms with Crippen molar-refractivity contribution in [1.29, 1.82) is 0 Å². The lowest BCUT2D eigenvalue weighted by molar-refractivity contribution is -0.114. The number of anilines is 1. The van der Waals surface area contributed by atoms with Gasteiger partial charge in [0.25, 0.3) is 0 Å². The van der Waals surface area contributed by atoms with Crippen LogP contribution in [0.2, 0.25) is 0 Å². The molecule has 33 heavy (non-hydrogen) atoms. The Morgan fingerprint density at radius 3 is 2.94 bits per heavy atom. The summed E-state index contributed by atoms with van der Waals surface area (Å²) in [6.07, 6.45) is 6.81. The van der Waals surface area contributed by atoms with Crippen molar-refractivity contribution in [1.82, 2.24) is 19.7 Å². The molecular formula is C23H19BrN6O2S. The molecule has 10 heteroatoms. The lowest BCUT2D eigenvalue weighted by atomic mass is 9.95. The number of nitrogens with zero attached hydrogens (tertiary/aromatic N) is 5. The van der Waals surface area contributed by atoms with E-state index in [1.807, 2.05) is 41.2 Å². The first-order valence-corrected chi connectivity index (χ1v) is 11.8. The number of nitrogens with one attached hydrogen (secondary N) is 1. The molecule has 0 bridgehead atoms. The maximum atomic E-state index is 11.6. The molecule has 5 rings (SSSR count). The van der Waals surface area contributed by atoms with Gasteiger partial charge in [0.15, 0.2) is 5.13 Å². The number of rotatable bonds is 5. The molecule has 0 radical (unpaired) electrons. The molecule has 0 fully saturated rings. The Balaban J connectivity index is 1.71. The number of pyridine rings is 1. The second kappa shape index (κ2) is 8.87. The first kappa shape index (κ1) is 21.5. The highest BCUT2D eigenvalue weighted by Gasteiger charge is 2.30. The predicted octanol–water partition coefficient (Wildman–Crippen LogP) is 4.86. The van der Waals surface area contributed by atoms with E-state index in [2.05, 4.69) is 36.4 Å². The Morgan fingerprint density at radius 1 is 1.33 bits per heavy atom. The molecule has 1 N–H and O–H groups in total. The van der Waals surface area contributed by atoms with E-state index in [1.165, 1.54) is 25.4 Å². The Labute approximate surface area is 202 Å². The lowest BCUT2D eigenvalue weighted by Gasteiger charge is -2.15. The predicted molar refractivity (Wildman–Crippen MR) is 132 cm³/mol. The van der Waals surface area contributed by atoms with Crippen molar-refractivity contribution in [2.75, 3.05) is 12.4 Å². The molecule has 1 aliphatic carbocycles. The van der Waals surface area contributed by atoms with E-state index in [0.29, 0.717) is 5.13 Å². The number of carbonyl (C=O) groups is 1. The Kier molecular flexibility index (Phi) is 5.77. The summed E-state index contributed by atoms with van der Waals surface area (Å²) in [5.74, 6) is -0.137. The van der Waals surface area contributed by atoms with Crippen LogP contribution in [-0.4, -0.2) is 39.0 Å². The number of carbonyl (C=O) groups excluding carboxylic acids is 1. The number of amides is 1. The van der Waals surface area contributed by atoms with Crippen molar-refractivity contribution in [2.45, 2.75) is 19.8 Å². The van der Waals surface area contributed by atoms with Crippen LogP contribution in [0.15, 0.2) is 52.4 Å². The summed E-state index contributed by atoms with van der Waals surface area (Å²) >= 11 is 5.17. The van der Waals surface area contributed by atoms with Crippen LogP contribution in [0, 0.1) is 0 Å². The highest BCUT2D eigenvalue weighted by Crippen LogP contribution is 2.44. The fraction of sp³-hybridized carbons (Fsp3) is 0.174. The largest absolute Gasteiger partial charge is 0.399 e. The first-order chi connectivity index (χ1) is 16.0. The van der Waals surface area contributed by atoms with Gasteiger partial charge in [-0.15, -0.1) is 0 Å². The topological polar surface area (TPSA) is 94.3 Å². The van der Waals surface area contributed by atoms with Crippen molar-refractivity contribution in [3.05, 3.63) is 64.0 Å². The molecule has 166 valence electrons. The third-order valence-electron chi connectivity index (χ3n) is 5.23. The van der Waals surface area contributed by atoms with Gasteiger partial charge >= 0.3 is 0 Å². The molecular weight excluding hydrogens is 504 g/mol. The number of oxime groups is 1. The molecule has 0 saturated heterocycles. The van der Waals surface area contributed by atoms with Crippen LogP contribution in [0.25, 0.3) is 27.5 Å². The molecule has 4 aromatic rings. The molecule has 3 aromatic heterocycles. The molecule has 8 nitrogen and oxygen atoms in total. The molecule has 0 saturated carbocycles. The number of halogens is 1. The molecule has 0 unspecified atom stereocenters. The van der Waals surface area contributed by atoms with Gasteiger partial charge in [-0.3, -0.25) is 9.78 Å². The van der Waals surface area contributed by atoms with Gasteiger partial charge in [-0.1, -0.05) is 22.6 Å². The maximum Gasteiger partial charge on any atom is 0.223 e. The number of aromatic nitrogens is 4. The lowest BCUT2D eigenvalue weighted by Crippen LogP contribution is -2.07. The zero-order valence-electron chi connectivity index (χ0n) is 17.9. The minimum absolute atomic E-state index is 0.137. The van der Waals surface area contributed by atoms with Crippen LogP contribution < -0.4 is 5.32 Å². The summed E-state index contributed by atoms with van der Waals surface area (Å²) in [4.78, 5) is 26.4. The Morgan fingerprint density at radius 2 is 2.21 bits per heavy atom. The van der Waals surface area contributed by atoms with E-state index < -0.39 is 0 Å². The third-order valence-corrected chi connectivity index (χ3v) is 6.89. The second-order valence-corrected chi connectivity index (χ2v) is 9.29. The van der Waals surface area contributed by atoms with E-state index in [-0.39, 0.29) is 5.91 Å². The monoisotopic (exact) mass is 522 g/mol. The van der Waals surface area contributed by atoms with Crippen LogP contribution in [0.1, 0.15) is 23.7 Å². The summed E-state index contributed by atoms with van der Waals surface area (Å²) in [5, 5.41) is 12.3. The van der Waals surface area contributed by atoms with Crippen molar-refractivity contribution in [3.63, 3.8) is 0 Å². The Hall–Kier alpha value is -3.37. The van der Waals surface area contributed by atoms with Crippen LogP contribution in [0.5, 0.6) is 0 Å². The van der Waals surface area contributed by atoms with Gasteiger partial charge in [0.05, 0.1) is 33.9 Å². The van der Waals surface area contributed by atoms with Crippen LogP contribution >= 0.6 is 27.3 Å². The van der Waals surface area contributed by atoms with Crippen molar-refractivity contribution < 1.29 is 9.63 Å². The standard InChI is InChI=1S/C23H19BrN6O2S/c1-13(31)27-23-28-18-7-6-16-20(15-4-3-9-25-12-15)29-30(21(16)22(18)33-23)19-8-5-14(10-17(19)24)11-26-32-2/h3-5,8-12H,6-7H2,1-2H3,(H,27,28,31)/b26-11-. The molecule has 0 spiro atoms. The summed E-state index contributed by atoms with van der Waals surface area (Å²) < 4.78 is 2.82. The average Bonchev–Trinajstić information content (AvgIpc) is 3.38. The molecule has 1 aromatic carbocycles. The van der Waals surface area contributed by atoms with E-state index in [0.717, 1.165) is 61.7 Å². The van der Waals surface area contributed by atoms with Gasteiger partial charge in [0.1, 0.15) is 7.11 Å².